The molecule has 0 radical (unpaired) electrons. The molecule has 0 aromatic carbocycles. The molecule has 0 saturated carbocycles. The predicted molar refractivity (Wildman–Crippen MR) is 110 cm³/mol. The second kappa shape index (κ2) is 22.0. The quantitative estimate of drug-likeness (QED) is 0.166. The minimum absolute atomic E-state index is 0.126. The molecule has 0 bridgehead atoms. The maximum absolute atomic E-state index is 11.0. The zero-order valence-electron chi connectivity index (χ0n) is 17.4. The Morgan fingerprint density at radius 2 is 1.00 bits per heavy atom. The standard InChI is InChI=1S/C23H43NO2/c1-2-3-4-5-6-7-8-9-10-11-12-13-14-15-16-17-18-19-22-26-23(25)20-21-24/h2-20,22H2,1H3. The van der Waals surface area contributed by atoms with Gasteiger partial charge in [-0.05, 0) is 6.42 Å². The van der Waals surface area contributed by atoms with Gasteiger partial charge in [-0.3, -0.25) is 4.79 Å². The SMILES string of the molecule is CCCCCCCCCCCCCCCCCCCCOC(=O)CC#N. The number of nitrogens with zero attached hydrogens (tertiary/aromatic N) is 1. The van der Waals surface area contributed by atoms with Crippen molar-refractivity contribution in [3.63, 3.8) is 0 Å². The minimum Gasteiger partial charge on any atom is -0.465 e. The summed E-state index contributed by atoms with van der Waals surface area (Å²) in [5, 5.41) is 8.34. The van der Waals surface area contributed by atoms with Crippen LogP contribution in [0.4, 0.5) is 0 Å². The summed E-state index contributed by atoms with van der Waals surface area (Å²) < 4.78 is 4.95. The summed E-state index contributed by atoms with van der Waals surface area (Å²) in [4.78, 5) is 11.0. The zero-order chi connectivity index (χ0) is 19.1. The molecule has 26 heavy (non-hydrogen) atoms. The summed E-state index contributed by atoms with van der Waals surface area (Å²) in [6.07, 6.45) is 24.2. The monoisotopic (exact) mass is 365 g/mol. The lowest BCUT2D eigenvalue weighted by Gasteiger charge is -2.04. The largest absolute Gasteiger partial charge is 0.465 e. The van der Waals surface area contributed by atoms with Crippen LogP contribution in [0, 0.1) is 11.3 Å². The van der Waals surface area contributed by atoms with Gasteiger partial charge in [0, 0.05) is 0 Å². The molecular formula is C23H43NO2. The summed E-state index contributed by atoms with van der Waals surface area (Å²) in [6.45, 7) is 2.75. The van der Waals surface area contributed by atoms with E-state index in [1.165, 1.54) is 103 Å². The summed E-state index contributed by atoms with van der Waals surface area (Å²) in [6, 6.07) is 1.80. The molecule has 0 aliphatic carbocycles. The number of nitriles is 1. The van der Waals surface area contributed by atoms with Gasteiger partial charge in [0.1, 0.15) is 6.42 Å². The van der Waals surface area contributed by atoms with Crippen molar-refractivity contribution in [2.24, 2.45) is 0 Å². The van der Waals surface area contributed by atoms with Gasteiger partial charge >= 0.3 is 5.97 Å². The van der Waals surface area contributed by atoms with E-state index in [1.807, 2.05) is 0 Å². The van der Waals surface area contributed by atoms with E-state index in [1.54, 1.807) is 6.07 Å². The Labute approximate surface area is 162 Å². The Morgan fingerprint density at radius 3 is 1.35 bits per heavy atom. The Morgan fingerprint density at radius 1 is 0.654 bits per heavy atom. The van der Waals surface area contributed by atoms with Gasteiger partial charge in [0.25, 0.3) is 0 Å². The second-order valence-corrected chi connectivity index (χ2v) is 7.57. The lowest BCUT2D eigenvalue weighted by molar-refractivity contribution is -0.142. The molecule has 0 aliphatic heterocycles. The summed E-state index contributed by atoms with van der Waals surface area (Å²) >= 11 is 0. The molecule has 0 unspecified atom stereocenters. The third-order valence-corrected chi connectivity index (χ3v) is 4.98. The van der Waals surface area contributed by atoms with Crippen LogP contribution in [0.2, 0.25) is 0 Å². The van der Waals surface area contributed by atoms with Gasteiger partial charge in [-0.25, -0.2) is 0 Å². The van der Waals surface area contributed by atoms with E-state index in [0.29, 0.717) is 6.61 Å². The fourth-order valence-corrected chi connectivity index (χ4v) is 3.31. The van der Waals surface area contributed by atoms with E-state index in [9.17, 15) is 4.79 Å². The number of unbranched alkanes of at least 4 members (excludes halogenated alkanes) is 17. The normalized spacial score (nSPS) is 10.6. The molecule has 3 nitrogen and oxygen atoms in total. The van der Waals surface area contributed by atoms with Crippen molar-refractivity contribution < 1.29 is 9.53 Å². The maximum Gasteiger partial charge on any atom is 0.320 e. The van der Waals surface area contributed by atoms with Gasteiger partial charge < -0.3 is 4.74 Å². The number of hydrogen-bond donors (Lipinski definition) is 0. The van der Waals surface area contributed by atoms with Crippen LogP contribution in [-0.4, -0.2) is 12.6 Å². The Kier molecular flexibility index (Phi) is 21.1. The first-order valence-corrected chi connectivity index (χ1v) is 11.3. The van der Waals surface area contributed by atoms with E-state index < -0.39 is 0 Å². The van der Waals surface area contributed by atoms with Gasteiger partial charge in [-0.15, -0.1) is 0 Å². The minimum atomic E-state index is -0.389. The maximum atomic E-state index is 11.0. The average molecular weight is 366 g/mol. The Bertz CT molecular complexity index is 336. The van der Waals surface area contributed by atoms with E-state index in [0.717, 1.165) is 12.8 Å². The highest BCUT2D eigenvalue weighted by Crippen LogP contribution is 2.14. The smallest absolute Gasteiger partial charge is 0.320 e. The molecular weight excluding hydrogens is 322 g/mol. The molecule has 0 atom stereocenters. The number of esters is 1. The summed E-state index contributed by atoms with van der Waals surface area (Å²) in [5.41, 5.74) is 0. The molecule has 0 fully saturated rings. The van der Waals surface area contributed by atoms with Gasteiger partial charge in [-0.2, -0.15) is 5.26 Å². The molecule has 0 aliphatic rings. The van der Waals surface area contributed by atoms with Crippen LogP contribution in [0.3, 0.4) is 0 Å². The van der Waals surface area contributed by atoms with Crippen molar-refractivity contribution >= 4 is 5.97 Å². The molecule has 3 heteroatoms. The number of ether oxygens (including phenoxy) is 1. The molecule has 0 heterocycles. The van der Waals surface area contributed by atoms with Crippen LogP contribution in [0.1, 0.15) is 129 Å². The van der Waals surface area contributed by atoms with Crippen LogP contribution in [0.15, 0.2) is 0 Å². The average Bonchev–Trinajstić information content (AvgIpc) is 2.64. The van der Waals surface area contributed by atoms with Crippen molar-refractivity contribution in [3.05, 3.63) is 0 Å². The highest BCUT2D eigenvalue weighted by molar-refractivity contribution is 5.71. The molecule has 0 saturated heterocycles. The van der Waals surface area contributed by atoms with Crippen LogP contribution in [0.25, 0.3) is 0 Å². The van der Waals surface area contributed by atoms with E-state index in [2.05, 4.69) is 6.92 Å². The van der Waals surface area contributed by atoms with Crippen LogP contribution in [0.5, 0.6) is 0 Å². The van der Waals surface area contributed by atoms with Gasteiger partial charge in [0.2, 0.25) is 0 Å². The fourth-order valence-electron chi connectivity index (χ4n) is 3.31. The molecule has 0 spiro atoms. The van der Waals surface area contributed by atoms with Gasteiger partial charge in [0.05, 0.1) is 12.7 Å². The second-order valence-electron chi connectivity index (χ2n) is 7.57. The van der Waals surface area contributed by atoms with Crippen LogP contribution < -0.4 is 0 Å². The van der Waals surface area contributed by atoms with Crippen LogP contribution in [-0.2, 0) is 9.53 Å². The molecule has 152 valence electrons. The van der Waals surface area contributed by atoms with Crippen molar-refractivity contribution in [2.45, 2.75) is 129 Å². The third kappa shape index (κ3) is 21.0. The Balaban J connectivity index is 3.03. The predicted octanol–water partition coefficient (Wildman–Crippen LogP) is 7.48. The number of carbonyl (C=O) groups excluding carboxylic acids is 1. The van der Waals surface area contributed by atoms with Gasteiger partial charge in [-0.1, -0.05) is 116 Å². The summed E-state index contributed by atoms with van der Waals surface area (Å²) in [5.74, 6) is -0.389. The highest BCUT2D eigenvalue weighted by Gasteiger charge is 2.00. The number of hydrogen-bond acceptors (Lipinski definition) is 3. The van der Waals surface area contributed by atoms with E-state index in [-0.39, 0.29) is 12.4 Å². The van der Waals surface area contributed by atoms with E-state index >= 15 is 0 Å². The van der Waals surface area contributed by atoms with Crippen LogP contribution >= 0.6 is 0 Å². The van der Waals surface area contributed by atoms with Crippen molar-refractivity contribution in [1.29, 1.82) is 5.26 Å². The first kappa shape index (κ1) is 25.0. The van der Waals surface area contributed by atoms with Crippen molar-refractivity contribution in [3.8, 4) is 6.07 Å². The van der Waals surface area contributed by atoms with Crippen molar-refractivity contribution in [2.75, 3.05) is 6.61 Å². The zero-order valence-corrected chi connectivity index (χ0v) is 17.4. The molecule has 0 aromatic rings. The topological polar surface area (TPSA) is 50.1 Å². The fraction of sp³-hybridized carbons (Fsp3) is 0.913. The van der Waals surface area contributed by atoms with Gasteiger partial charge in [0.15, 0.2) is 0 Å². The lowest BCUT2D eigenvalue weighted by Crippen LogP contribution is -2.04. The number of carbonyl (C=O) groups is 1. The first-order valence-electron chi connectivity index (χ1n) is 11.3. The van der Waals surface area contributed by atoms with Crippen molar-refractivity contribution in [1.82, 2.24) is 0 Å². The summed E-state index contributed by atoms with van der Waals surface area (Å²) in [7, 11) is 0. The molecule has 0 aromatic heterocycles. The molecule has 0 amide bonds. The number of rotatable bonds is 20. The lowest BCUT2D eigenvalue weighted by atomic mass is 10.0. The van der Waals surface area contributed by atoms with E-state index in [4.69, 9.17) is 10.00 Å². The Hall–Kier alpha value is -1.04. The first-order chi connectivity index (χ1) is 12.8. The molecule has 0 N–H and O–H groups in total. The molecule has 0 rings (SSSR count). The third-order valence-electron chi connectivity index (χ3n) is 4.98. The highest BCUT2D eigenvalue weighted by atomic mass is 16.5.